The average Bonchev–Trinajstić information content (AvgIpc) is 2.71. The summed E-state index contributed by atoms with van der Waals surface area (Å²) in [4.78, 5) is 0. The van der Waals surface area contributed by atoms with Gasteiger partial charge in [0.15, 0.2) is 0 Å². The molecule has 3 aromatic carbocycles. The molecule has 3 aromatic rings. The van der Waals surface area contributed by atoms with E-state index in [1.807, 2.05) is 18.2 Å². The highest BCUT2D eigenvalue weighted by Gasteiger charge is 2.17. The Kier molecular flexibility index (Phi) is 4.56. The summed E-state index contributed by atoms with van der Waals surface area (Å²) in [5.74, 6) is 0.613. The van der Waals surface area contributed by atoms with Crippen LogP contribution in [0.3, 0.4) is 0 Å². The van der Waals surface area contributed by atoms with Crippen LogP contribution in [0.5, 0.6) is 0 Å². The fraction of sp³-hybridized carbons (Fsp3) is 0.208. The number of nitriles is 1. The van der Waals surface area contributed by atoms with E-state index in [0.717, 1.165) is 23.9 Å². The molecule has 4 rings (SSSR count). The Morgan fingerprint density at radius 1 is 1.00 bits per heavy atom. The van der Waals surface area contributed by atoms with Crippen LogP contribution >= 0.6 is 0 Å². The molecule has 1 N–H and O–H groups in total. The predicted octanol–water partition coefficient (Wildman–Crippen LogP) is 5.48. The van der Waals surface area contributed by atoms with E-state index in [1.165, 1.54) is 28.7 Å². The van der Waals surface area contributed by atoms with E-state index in [9.17, 15) is 0 Å². The maximum atomic E-state index is 9.02. The van der Waals surface area contributed by atoms with E-state index in [2.05, 4.69) is 66.9 Å². The van der Waals surface area contributed by atoms with Crippen LogP contribution in [0.1, 0.15) is 47.1 Å². The van der Waals surface area contributed by atoms with E-state index in [1.54, 1.807) is 0 Å². The summed E-state index contributed by atoms with van der Waals surface area (Å²) in [6.07, 6.45) is 5.53. The average molecular weight is 338 g/mol. The molecule has 1 unspecified atom stereocenters. The molecule has 0 saturated carbocycles. The lowest BCUT2D eigenvalue weighted by molar-refractivity contribution is 0.530. The summed E-state index contributed by atoms with van der Waals surface area (Å²) in [7, 11) is 0. The van der Waals surface area contributed by atoms with Gasteiger partial charge in [-0.3, -0.25) is 0 Å². The molecule has 2 heteroatoms. The van der Waals surface area contributed by atoms with Gasteiger partial charge < -0.3 is 5.32 Å². The minimum Gasteiger partial charge on any atom is -0.312 e. The number of hydrogen-bond acceptors (Lipinski definition) is 2. The van der Waals surface area contributed by atoms with Crippen LogP contribution in [0.15, 0.2) is 54.6 Å². The Labute approximate surface area is 154 Å². The largest absolute Gasteiger partial charge is 0.312 e. The van der Waals surface area contributed by atoms with Gasteiger partial charge in [-0.1, -0.05) is 55.5 Å². The molecule has 26 heavy (non-hydrogen) atoms. The minimum absolute atomic E-state index is 0.613. The van der Waals surface area contributed by atoms with E-state index in [4.69, 9.17) is 5.26 Å². The number of fused-ring (bicyclic) bond motifs is 2. The normalized spacial score (nSPS) is 16.5. The lowest BCUT2D eigenvalue weighted by Gasteiger charge is -2.25. The second kappa shape index (κ2) is 7.15. The summed E-state index contributed by atoms with van der Waals surface area (Å²) in [5, 5.41) is 14.8. The predicted molar refractivity (Wildman–Crippen MR) is 109 cm³/mol. The second-order valence-electron chi connectivity index (χ2n) is 6.96. The van der Waals surface area contributed by atoms with Crippen molar-refractivity contribution in [2.75, 3.05) is 6.54 Å². The van der Waals surface area contributed by atoms with Crippen molar-refractivity contribution in [1.82, 2.24) is 5.32 Å². The van der Waals surface area contributed by atoms with Gasteiger partial charge in [0.25, 0.3) is 0 Å². The molecule has 1 heterocycles. The molecule has 0 aromatic heterocycles. The fourth-order valence-corrected chi connectivity index (χ4v) is 3.74. The first-order chi connectivity index (χ1) is 12.8. The van der Waals surface area contributed by atoms with Crippen LogP contribution in [0.2, 0.25) is 0 Å². The SMILES string of the molecule is CCC1CNCc2ccc(C=Cc3ccc4cc(C#N)ccc4c3)cc21. The summed E-state index contributed by atoms with van der Waals surface area (Å²) in [5.41, 5.74) is 6.06. The van der Waals surface area contributed by atoms with Gasteiger partial charge in [0.2, 0.25) is 0 Å². The second-order valence-corrected chi connectivity index (χ2v) is 6.96. The highest BCUT2D eigenvalue weighted by molar-refractivity contribution is 5.87. The van der Waals surface area contributed by atoms with Crippen molar-refractivity contribution >= 4 is 22.9 Å². The maximum absolute atomic E-state index is 9.02. The van der Waals surface area contributed by atoms with Crippen LogP contribution in [0, 0.1) is 11.3 Å². The highest BCUT2D eigenvalue weighted by atomic mass is 14.9. The summed E-state index contributed by atoms with van der Waals surface area (Å²) in [6, 6.07) is 21.2. The molecule has 2 nitrogen and oxygen atoms in total. The van der Waals surface area contributed by atoms with Gasteiger partial charge in [-0.2, -0.15) is 5.26 Å². The Balaban J connectivity index is 1.62. The summed E-state index contributed by atoms with van der Waals surface area (Å²) >= 11 is 0. The molecule has 1 atom stereocenters. The first-order valence-electron chi connectivity index (χ1n) is 9.22. The van der Waals surface area contributed by atoms with Gasteiger partial charge >= 0.3 is 0 Å². The number of benzene rings is 3. The van der Waals surface area contributed by atoms with Gasteiger partial charge in [0.1, 0.15) is 0 Å². The van der Waals surface area contributed by atoms with Crippen LogP contribution in [0.25, 0.3) is 22.9 Å². The lowest BCUT2D eigenvalue weighted by Crippen LogP contribution is -2.27. The Morgan fingerprint density at radius 2 is 1.73 bits per heavy atom. The third-order valence-electron chi connectivity index (χ3n) is 5.27. The number of nitrogens with one attached hydrogen (secondary N) is 1. The van der Waals surface area contributed by atoms with Gasteiger partial charge in [-0.15, -0.1) is 0 Å². The van der Waals surface area contributed by atoms with Gasteiger partial charge in [0, 0.05) is 13.1 Å². The molecule has 1 aliphatic heterocycles. The number of rotatable bonds is 3. The Morgan fingerprint density at radius 3 is 2.54 bits per heavy atom. The third kappa shape index (κ3) is 3.27. The lowest BCUT2D eigenvalue weighted by atomic mass is 9.87. The van der Waals surface area contributed by atoms with E-state index in [0.29, 0.717) is 11.5 Å². The Hall–Kier alpha value is -2.89. The molecule has 0 fully saturated rings. The zero-order chi connectivity index (χ0) is 17.9. The minimum atomic E-state index is 0.613. The van der Waals surface area contributed by atoms with Crippen molar-refractivity contribution in [1.29, 1.82) is 5.26 Å². The quantitative estimate of drug-likeness (QED) is 0.642. The monoisotopic (exact) mass is 338 g/mol. The van der Waals surface area contributed by atoms with Crippen LogP contribution < -0.4 is 5.32 Å². The van der Waals surface area contributed by atoms with Crippen LogP contribution in [-0.2, 0) is 6.54 Å². The van der Waals surface area contributed by atoms with Crippen molar-refractivity contribution in [2.24, 2.45) is 0 Å². The molecule has 128 valence electrons. The van der Waals surface area contributed by atoms with E-state index in [-0.39, 0.29) is 0 Å². The first-order valence-corrected chi connectivity index (χ1v) is 9.22. The molecule has 1 aliphatic rings. The van der Waals surface area contributed by atoms with Crippen molar-refractivity contribution < 1.29 is 0 Å². The maximum Gasteiger partial charge on any atom is 0.0991 e. The number of nitrogens with zero attached hydrogens (tertiary/aromatic N) is 1. The Bertz CT molecular complexity index is 1020. The third-order valence-corrected chi connectivity index (χ3v) is 5.27. The molecule has 0 spiro atoms. The zero-order valence-corrected chi connectivity index (χ0v) is 15.0. The molecular formula is C24H22N2. The fourth-order valence-electron chi connectivity index (χ4n) is 3.74. The first kappa shape index (κ1) is 16.6. The van der Waals surface area contributed by atoms with Gasteiger partial charge in [-0.05, 0) is 63.6 Å². The van der Waals surface area contributed by atoms with Gasteiger partial charge in [0.05, 0.1) is 11.6 Å². The zero-order valence-electron chi connectivity index (χ0n) is 15.0. The molecule has 0 amide bonds. The highest BCUT2D eigenvalue weighted by Crippen LogP contribution is 2.28. The van der Waals surface area contributed by atoms with Crippen LogP contribution in [0.4, 0.5) is 0 Å². The number of hydrogen-bond donors (Lipinski definition) is 1. The molecule has 0 bridgehead atoms. The van der Waals surface area contributed by atoms with Gasteiger partial charge in [-0.25, -0.2) is 0 Å². The molecule has 0 radical (unpaired) electrons. The van der Waals surface area contributed by atoms with Crippen molar-refractivity contribution in [3.63, 3.8) is 0 Å². The smallest absolute Gasteiger partial charge is 0.0991 e. The van der Waals surface area contributed by atoms with Crippen molar-refractivity contribution in [3.05, 3.63) is 82.4 Å². The molecule has 0 aliphatic carbocycles. The molecule has 0 saturated heterocycles. The van der Waals surface area contributed by atoms with E-state index >= 15 is 0 Å². The van der Waals surface area contributed by atoms with Crippen LogP contribution in [-0.4, -0.2) is 6.54 Å². The van der Waals surface area contributed by atoms with Crippen molar-refractivity contribution in [3.8, 4) is 6.07 Å². The standard InChI is InChI=1S/C24H22N2/c1-2-20-15-26-16-23-10-6-18(13-24(20)23)4-3-17-5-8-22-12-19(14-25)7-9-21(22)11-17/h3-13,20,26H,2,15-16H2,1H3. The summed E-state index contributed by atoms with van der Waals surface area (Å²) < 4.78 is 0. The summed E-state index contributed by atoms with van der Waals surface area (Å²) in [6.45, 7) is 4.31. The topological polar surface area (TPSA) is 35.8 Å². The molecular weight excluding hydrogens is 316 g/mol. The van der Waals surface area contributed by atoms with Crippen molar-refractivity contribution in [2.45, 2.75) is 25.8 Å². The van der Waals surface area contributed by atoms with E-state index < -0.39 is 0 Å².